The molecule has 0 bridgehead atoms. The quantitative estimate of drug-likeness (QED) is 0.739. The van der Waals surface area contributed by atoms with E-state index in [0.29, 0.717) is 24.5 Å². The van der Waals surface area contributed by atoms with Gasteiger partial charge in [0.05, 0.1) is 6.10 Å². The molecule has 1 heterocycles. The molecule has 0 spiro atoms. The standard InChI is InChI=1S/C12H24N2O2/c1-8(2)11-7-10(4-5-16-11)14-9(3)6-12(13)15/h8-11,14H,4-7H2,1-3H3,(H2,13,15). The van der Waals surface area contributed by atoms with Crippen molar-refractivity contribution < 1.29 is 9.53 Å². The summed E-state index contributed by atoms with van der Waals surface area (Å²) in [6.07, 6.45) is 2.79. The van der Waals surface area contributed by atoms with Gasteiger partial charge in [0.1, 0.15) is 0 Å². The van der Waals surface area contributed by atoms with Gasteiger partial charge in [-0.2, -0.15) is 0 Å². The summed E-state index contributed by atoms with van der Waals surface area (Å²) in [6.45, 7) is 7.17. The second-order valence-corrected chi connectivity index (χ2v) is 5.11. The van der Waals surface area contributed by atoms with Crippen molar-refractivity contribution in [3.8, 4) is 0 Å². The molecule has 0 saturated carbocycles. The summed E-state index contributed by atoms with van der Waals surface area (Å²) < 4.78 is 5.70. The summed E-state index contributed by atoms with van der Waals surface area (Å²) >= 11 is 0. The third-order valence-electron chi connectivity index (χ3n) is 3.09. The fourth-order valence-electron chi connectivity index (χ4n) is 2.21. The number of rotatable bonds is 5. The highest BCUT2D eigenvalue weighted by Gasteiger charge is 2.25. The van der Waals surface area contributed by atoms with Gasteiger partial charge in [-0.25, -0.2) is 0 Å². The summed E-state index contributed by atoms with van der Waals surface area (Å²) in [4.78, 5) is 10.8. The van der Waals surface area contributed by atoms with Crippen molar-refractivity contribution in [2.45, 2.75) is 58.2 Å². The van der Waals surface area contributed by atoms with Gasteiger partial charge < -0.3 is 15.8 Å². The zero-order valence-electron chi connectivity index (χ0n) is 10.5. The Bertz CT molecular complexity index is 231. The normalized spacial score (nSPS) is 28.0. The van der Waals surface area contributed by atoms with E-state index in [1.807, 2.05) is 6.92 Å². The smallest absolute Gasteiger partial charge is 0.218 e. The van der Waals surface area contributed by atoms with Gasteiger partial charge in [-0.05, 0) is 25.7 Å². The predicted octanol–water partition coefficient (Wildman–Crippen LogP) is 1.04. The van der Waals surface area contributed by atoms with Crippen LogP contribution < -0.4 is 11.1 Å². The van der Waals surface area contributed by atoms with E-state index in [4.69, 9.17) is 10.5 Å². The second kappa shape index (κ2) is 6.21. The molecule has 16 heavy (non-hydrogen) atoms. The van der Waals surface area contributed by atoms with Gasteiger partial charge in [0, 0.05) is 25.1 Å². The Morgan fingerprint density at radius 1 is 1.50 bits per heavy atom. The van der Waals surface area contributed by atoms with Crippen LogP contribution in [0.15, 0.2) is 0 Å². The Hall–Kier alpha value is -0.610. The molecule has 1 aliphatic heterocycles. The molecule has 0 aromatic heterocycles. The van der Waals surface area contributed by atoms with Crippen LogP contribution in [0.2, 0.25) is 0 Å². The number of ether oxygens (including phenoxy) is 1. The van der Waals surface area contributed by atoms with Crippen LogP contribution in [0.25, 0.3) is 0 Å². The molecule has 4 heteroatoms. The molecule has 1 amide bonds. The van der Waals surface area contributed by atoms with Crippen molar-refractivity contribution in [1.29, 1.82) is 0 Å². The lowest BCUT2D eigenvalue weighted by Gasteiger charge is -2.33. The lowest BCUT2D eigenvalue weighted by molar-refractivity contribution is -0.118. The predicted molar refractivity (Wildman–Crippen MR) is 64.0 cm³/mol. The number of carbonyl (C=O) groups excluding carboxylic acids is 1. The van der Waals surface area contributed by atoms with Crippen molar-refractivity contribution in [1.82, 2.24) is 5.32 Å². The summed E-state index contributed by atoms with van der Waals surface area (Å²) in [5, 5.41) is 3.45. The number of carbonyl (C=O) groups is 1. The molecule has 0 aromatic rings. The van der Waals surface area contributed by atoms with Crippen molar-refractivity contribution in [3.63, 3.8) is 0 Å². The van der Waals surface area contributed by atoms with Crippen LogP contribution in [0.1, 0.15) is 40.0 Å². The van der Waals surface area contributed by atoms with E-state index in [1.54, 1.807) is 0 Å². The van der Waals surface area contributed by atoms with E-state index in [1.165, 1.54) is 0 Å². The molecule has 4 nitrogen and oxygen atoms in total. The maximum Gasteiger partial charge on any atom is 0.218 e. The topological polar surface area (TPSA) is 64.4 Å². The van der Waals surface area contributed by atoms with Crippen LogP contribution in [0, 0.1) is 5.92 Å². The molecule has 1 fully saturated rings. The van der Waals surface area contributed by atoms with E-state index in [0.717, 1.165) is 19.4 Å². The first-order valence-corrected chi connectivity index (χ1v) is 6.15. The van der Waals surface area contributed by atoms with E-state index < -0.39 is 0 Å². The second-order valence-electron chi connectivity index (χ2n) is 5.11. The summed E-state index contributed by atoms with van der Waals surface area (Å²) in [5.41, 5.74) is 5.17. The van der Waals surface area contributed by atoms with E-state index in [9.17, 15) is 4.79 Å². The zero-order valence-corrected chi connectivity index (χ0v) is 10.5. The maximum atomic E-state index is 10.8. The number of amides is 1. The zero-order chi connectivity index (χ0) is 12.1. The number of nitrogens with two attached hydrogens (primary N) is 1. The molecule has 3 atom stereocenters. The first-order valence-electron chi connectivity index (χ1n) is 6.15. The van der Waals surface area contributed by atoms with Crippen LogP contribution in [-0.4, -0.2) is 30.7 Å². The Kier molecular flexibility index (Phi) is 5.22. The van der Waals surface area contributed by atoms with Crippen LogP contribution >= 0.6 is 0 Å². The Labute approximate surface area is 97.9 Å². The largest absolute Gasteiger partial charge is 0.378 e. The van der Waals surface area contributed by atoms with Gasteiger partial charge >= 0.3 is 0 Å². The minimum atomic E-state index is -0.243. The van der Waals surface area contributed by atoms with Gasteiger partial charge in [-0.3, -0.25) is 4.79 Å². The Balaban J connectivity index is 2.33. The Morgan fingerprint density at radius 3 is 2.75 bits per heavy atom. The molecule has 0 aliphatic carbocycles. The van der Waals surface area contributed by atoms with Crippen LogP contribution in [0.5, 0.6) is 0 Å². The SMILES string of the molecule is CC(CC(N)=O)NC1CCOC(C(C)C)C1. The van der Waals surface area contributed by atoms with Gasteiger partial charge in [0.15, 0.2) is 0 Å². The summed E-state index contributed by atoms with van der Waals surface area (Å²) in [6, 6.07) is 0.615. The van der Waals surface area contributed by atoms with E-state index >= 15 is 0 Å². The number of hydrogen-bond acceptors (Lipinski definition) is 3. The van der Waals surface area contributed by atoms with Crippen LogP contribution in [-0.2, 0) is 9.53 Å². The maximum absolute atomic E-state index is 10.8. The Morgan fingerprint density at radius 2 is 2.19 bits per heavy atom. The average molecular weight is 228 g/mol. The number of nitrogens with one attached hydrogen (secondary N) is 1. The molecule has 0 radical (unpaired) electrons. The van der Waals surface area contributed by atoms with E-state index in [2.05, 4.69) is 19.2 Å². The van der Waals surface area contributed by atoms with Crippen molar-refractivity contribution in [2.75, 3.05) is 6.61 Å². The molecular weight excluding hydrogens is 204 g/mol. The molecule has 94 valence electrons. The first-order chi connectivity index (χ1) is 7.49. The first kappa shape index (κ1) is 13.5. The molecule has 1 rings (SSSR count). The van der Waals surface area contributed by atoms with Gasteiger partial charge in [-0.15, -0.1) is 0 Å². The summed E-state index contributed by atoms with van der Waals surface area (Å²) in [7, 11) is 0. The summed E-state index contributed by atoms with van der Waals surface area (Å²) in [5.74, 6) is 0.309. The monoisotopic (exact) mass is 228 g/mol. The van der Waals surface area contributed by atoms with Gasteiger partial charge in [-0.1, -0.05) is 13.8 Å². The average Bonchev–Trinajstić information content (AvgIpc) is 2.16. The molecule has 0 aromatic carbocycles. The highest BCUT2D eigenvalue weighted by molar-refractivity contribution is 5.74. The highest BCUT2D eigenvalue weighted by Crippen LogP contribution is 2.20. The van der Waals surface area contributed by atoms with Crippen molar-refractivity contribution in [2.24, 2.45) is 11.7 Å². The van der Waals surface area contributed by atoms with Gasteiger partial charge in [0.25, 0.3) is 0 Å². The molecule has 1 aliphatic rings. The van der Waals surface area contributed by atoms with Crippen LogP contribution in [0.3, 0.4) is 0 Å². The van der Waals surface area contributed by atoms with Crippen LogP contribution in [0.4, 0.5) is 0 Å². The minimum Gasteiger partial charge on any atom is -0.378 e. The number of primary amides is 1. The lowest BCUT2D eigenvalue weighted by atomic mass is 9.95. The molecular formula is C12H24N2O2. The molecule has 3 unspecified atom stereocenters. The van der Waals surface area contributed by atoms with Gasteiger partial charge in [0.2, 0.25) is 5.91 Å². The van der Waals surface area contributed by atoms with Crippen molar-refractivity contribution >= 4 is 5.91 Å². The molecule has 1 saturated heterocycles. The van der Waals surface area contributed by atoms with Crippen molar-refractivity contribution in [3.05, 3.63) is 0 Å². The number of hydrogen-bond donors (Lipinski definition) is 2. The van der Waals surface area contributed by atoms with E-state index in [-0.39, 0.29) is 11.9 Å². The fraction of sp³-hybridized carbons (Fsp3) is 0.917. The third kappa shape index (κ3) is 4.49. The fourth-order valence-corrected chi connectivity index (χ4v) is 2.21. The minimum absolute atomic E-state index is 0.161. The third-order valence-corrected chi connectivity index (χ3v) is 3.09. The lowest BCUT2D eigenvalue weighted by Crippen LogP contribution is -2.45. The highest BCUT2D eigenvalue weighted by atomic mass is 16.5. The molecule has 3 N–H and O–H groups in total.